The molecule has 0 aromatic rings. The smallest absolute Gasteiger partial charge is 0.0928 e. The predicted octanol–water partition coefficient (Wildman–Crippen LogP) is 1.71. The lowest BCUT2D eigenvalue weighted by Gasteiger charge is -2.25. The Kier molecular flexibility index (Phi) is 3.28. The molecule has 54 valence electrons. The maximum atomic E-state index is 7.31. The van der Waals surface area contributed by atoms with Crippen LogP contribution in [0.3, 0.4) is 0 Å². The Bertz CT molecular complexity index is 97.1. The van der Waals surface area contributed by atoms with Crippen molar-refractivity contribution in [3.8, 4) is 0 Å². The van der Waals surface area contributed by atoms with Crippen LogP contribution in [0.2, 0.25) is 0 Å². The van der Waals surface area contributed by atoms with Gasteiger partial charge in [0.1, 0.15) is 0 Å². The number of amidine groups is 1. The van der Waals surface area contributed by atoms with Crippen molar-refractivity contribution in [2.24, 2.45) is 0 Å². The monoisotopic (exact) mass is 128 g/mol. The quantitative estimate of drug-likeness (QED) is 0.445. The Balaban J connectivity index is 3.83. The van der Waals surface area contributed by atoms with Crippen LogP contribution in [-0.2, 0) is 0 Å². The molecule has 0 spiro atoms. The van der Waals surface area contributed by atoms with E-state index in [9.17, 15) is 0 Å². The Morgan fingerprint density at radius 2 is 2.00 bits per heavy atom. The van der Waals surface area contributed by atoms with Crippen LogP contribution in [0, 0.1) is 5.41 Å². The number of nitrogens with one attached hydrogen (secondary N) is 1. The molecule has 0 saturated heterocycles. The van der Waals surface area contributed by atoms with Crippen LogP contribution in [0.5, 0.6) is 0 Å². The average Bonchev–Trinajstić information content (AvgIpc) is 1.64. The molecule has 0 bridgehead atoms. The fraction of sp³-hybridized carbons (Fsp3) is 0.857. The summed E-state index contributed by atoms with van der Waals surface area (Å²) in [7, 11) is 0. The maximum absolute atomic E-state index is 7.31. The lowest BCUT2D eigenvalue weighted by molar-refractivity contribution is 0.362. The fourth-order valence-corrected chi connectivity index (χ4v) is 0.990. The van der Waals surface area contributed by atoms with E-state index < -0.39 is 0 Å². The molecule has 2 heteroatoms. The van der Waals surface area contributed by atoms with Gasteiger partial charge < -0.3 is 4.90 Å². The SMILES string of the molecule is CCN(C(C)=N)C(C)C. The van der Waals surface area contributed by atoms with Gasteiger partial charge in [-0.1, -0.05) is 0 Å². The van der Waals surface area contributed by atoms with E-state index in [2.05, 4.69) is 20.8 Å². The molecule has 0 saturated carbocycles. The largest absolute Gasteiger partial charge is 0.359 e. The van der Waals surface area contributed by atoms with Gasteiger partial charge >= 0.3 is 0 Å². The zero-order valence-corrected chi connectivity index (χ0v) is 6.73. The molecule has 0 rings (SSSR count). The molecule has 0 radical (unpaired) electrons. The van der Waals surface area contributed by atoms with Gasteiger partial charge in [-0.05, 0) is 27.7 Å². The van der Waals surface area contributed by atoms with Crippen molar-refractivity contribution in [1.29, 1.82) is 5.41 Å². The molecule has 0 heterocycles. The van der Waals surface area contributed by atoms with Gasteiger partial charge in [0.15, 0.2) is 0 Å². The highest BCUT2D eigenvalue weighted by molar-refractivity contribution is 5.76. The Morgan fingerprint density at radius 1 is 1.56 bits per heavy atom. The van der Waals surface area contributed by atoms with Crippen LogP contribution < -0.4 is 0 Å². The lowest BCUT2D eigenvalue weighted by Crippen LogP contribution is -2.34. The number of hydrogen-bond donors (Lipinski definition) is 1. The first-order valence-corrected chi connectivity index (χ1v) is 3.41. The Labute approximate surface area is 57.4 Å². The summed E-state index contributed by atoms with van der Waals surface area (Å²) < 4.78 is 0. The molecule has 0 fully saturated rings. The molecule has 0 aromatic heterocycles. The summed E-state index contributed by atoms with van der Waals surface area (Å²) in [6.07, 6.45) is 0. The predicted molar refractivity (Wildman–Crippen MR) is 40.9 cm³/mol. The number of hydrogen-bond acceptors (Lipinski definition) is 1. The van der Waals surface area contributed by atoms with Gasteiger partial charge in [0.25, 0.3) is 0 Å². The van der Waals surface area contributed by atoms with E-state index in [1.54, 1.807) is 0 Å². The second kappa shape index (κ2) is 3.49. The molecular formula is C7H16N2. The number of rotatable bonds is 2. The van der Waals surface area contributed by atoms with Gasteiger partial charge in [-0.25, -0.2) is 0 Å². The molecule has 0 atom stereocenters. The number of nitrogens with zero attached hydrogens (tertiary/aromatic N) is 1. The van der Waals surface area contributed by atoms with Crippen molar-refractivity contribution in [1.82, 2.24) is 4.90 Å². The van der Waals surface area contributed by atoms with E-state index >= 15 is 0 Å². The zero-order valence-electron chi connectivity index (χ0n) is 6.73. The van der Waals surface area contributed by atoms with Crippen LogP contribution in [-0.4, -0.2) is 23.3 Å². The van der Waals surface area contributed by atoms with Gasteiger partial charge in [-0.2, -0.15) is 0 Å². The van der Waals surface area contributed by atoms with Crippen molar-refractivity contribution in [2.75, 3.05) is 6.54 Å². The van der Waals surface area contributed by atoms with Crippen molar-refractivity contribution < 1.29 is 0 Å². The van der Waals surface area contributed by atoms with Crippen LogP contribution in [0.15, 0.2) is 0 Å². The van der Waals surface area contributed by atoms with E-state index in [4.69, 9.17) is 5.41 Å². The van der Waals surface area contributed by atoms with Gasteiger partial charge in [-0.3, -0.25) is 5.41 Å². The van der Waals surface area contributed by atoms with Crippen LogP contribution >= 0.6 is 0 Å². The van der Waals surface area contributed by atoms with Crippen molar-refractivity contribution in [3.05, 3.63) is 0 Å². The highest BCUT2D eigenvalue weighted by Crippen LogP contribution is 1.96. The summed E-state index contributed by atoms with van der Waals surface area (Å²) >= 11 is 0. The van der Waals surface area contributed by atoms with E-state index in [1.165, 1.54) is 0 Å². The highest BCUT2D eigenvalue weighted by Gasteiger charge is 2.04. The Hall–Kier alpha value is -0.530. The van der Waals surface area contributed by atoms with Gasteiger partial charge in [0.05, 0.1) is 5.84 Å². The molecule has 0 unspecified atom stereocenters. The van der Waals surface area contributed by atoms with Crippen LogP contribution in [0.4, 0.5) is 0 Å². The summed E-state index contributed by atoms with van der Waals surface area (Å²) in [6.45, 7) is 9.03. The summed E-state index contributed by atoms with van der Waals surface area (Å²) in [6, 6.07) is 0.465. The van der Waals surface area contributed by atoms with Crippen molar-refractivity contribution >= 4 is 5.84 Å². The molecule has 0 aliphatic rings. The Morgan fingerprint density at radius 3 is 2.00 bits per heavy atom. The second-order valence-electron chi connectivity index (χ2n) is 2.47. The summed E-state index contributed by atoms with van der Waals surface area (Å²) in [5.74, 6) is 0.660. The minimum atomic E-state index is 0.465. The van der Waals surface area contributed by atoms with Gasteiger partial charge in [0.2, 0.25) is 0 Å². The topological polar surface area (TPSA) is 27.1 Å². The zero-order chi connectivity index (χ0) is 7.44. The highest BCUT2D eigenvalue weighted by atomic mass is 15.2. The van der Waals surface area contributed by atoms with Gasteiger partial charge in [-0.15, -0.1) is 0 Å². The second-order valence-corrected chi connectivity index (χ2v) is 2.47. The molecule has 1 N–H and O–H groups in total. The molecule has 0 aromatic carbocycles. The molecule has 0 amide bonds. The minimum Gasteiger partial charge on any atom is -0.359 e. The molecule has 0 aliphatic heterocycles. The van der Waals surface area contributed by atoms with Crippen LogP contribution in [0.25, 0.3) is 0 Å². The molecule has 9 heavy (non-hydrogen) atoms. The average molecular weight is 128 g/mol. The molecule has 0 aliphatic carbocycles. The third kappa shape index (κ3) is 2.49. The molecule has 2 nitrogen and oxygen atoms in total. The van der Waals surface area contributed by atoms with E-state index in [-0.39, 0.29) is 0 Å². The minimum absolute atomic E-state index is 0.465. The maximum Gasteiger partial charge on any atom is 0.0928 e. The first-order chi connectivity index (χ1) is 4.09. The van der Waals surface area contributed by atoms with E-state index in [0.717, 1.165) is 6.54 Å². The van der Waals surface area contributed by atoms with Crippen LogP contribution in [0.1, 0.15) is 27.7 Å². The normalized spacial score (nSPS) is 9.89. The van der Waals surface area contributed by atoms with Gasteiger partial charge in [0, 0.05) is 12.6 Å². The first-order valence-electron chi connectivity index (χ1n) is 3.41. The van der Waals surface area contributed by atoms with E-state index in [0.29, 0.717) is 11.9 Å². The summed E-state index contributed by atoms with van der Waals surface area (Å²) in [4.78, 5) is 2.04. The third-order valence-electron chi connectivity index (χ3n) is 1.39. The first kappa shape index (κ1) is 8.47. The van der Waals surface area contributed by atoms with Crippen molar-refractivity contribution in [3.63, 3.8) is 0 Å². The van der Waals surface area contributed by atoms with E-state index in [1.807, 2.05) is 11.8 Å². The van der Waals surface area contributed by atoms with Crippen molar-refractivity contribution in [2.45, 2.75) is 33.7 Å². The summed E-state index contributed by atoms with van der Waals surface area (Å²) in [5, 5.41) is 7.31. The molecular weight excluding hydrogens is 112 g/mol. The fourth-order valence-electron chi connectivity index (χ4n) is 0.990. The third-order valence-corrected chi connectivity index (χ3v) is 1.39. The standard InChI is InChI=1S/C7H16N2/c1-5-9(6(2)3)7(4)8/h6,8H,5H2,1-4H3. The summed E-state index contributed by atoms with van der Waals surface area (Å²) in [5.41, 5.74) is 0. The lowest BCUT2D eigenvalue weighted by atomic mass is 10.3.